The average Bonchev–Trinajstić information content (AvgIpc) is 2.74. The zero-order chi connectivity index (χ0) is 13.0. The largest absolute Gasteiger partial charge is 0.316 e. The van der Waals surface area contributed by atoms with E-state index in [9.17, 15) is 0 Å². The third kappa shape index (κ3) is 3.17. The minimum atomic E-state index is 0.384. The fourth-order valence-electron chi connectivity index (χ4n) is 2.13. The molecular weight excluding hydrogens is 224 g/mol. The molecule has 0 aliphatic heterocycles. The van der Waals surface area contributed by atoms with E-state index in [1.165, 1.54) is 11.1 Å². The molecule has 0 radical (unpaired) electrons. The highest BCUT2D eigenvalue weighted by atomic mass is 15.3. The van der Waals surface area contributed by atoms with Gasteiger partial charge in [-0.25, -0.2) is 4.98 Å². The van der Waals surface area contributed by atoms with E-state index in [1.807, 2.05) is 18.8 Å². The smallest absolute Gasteiger partial charge is 0.138 e. The predicted molar refractivity (Wildman–Crippen MR) is 72.4 cm³/mol. The Morgan fingerprint density at radius 3 is 2.78 bits per heavy atom. The van der Waals surface area contributed by atoms with Crippen molar-refractivity contribution in [2.75, 3.05) is 7.05 Å². The van der Waals surface area contributed by atoms with Gasteiger partial charge >= 0.3 is 0 Å². The van der Waals surface area contributed by atoms with Crippen LogP contribution in [0.2, 0.25) is 0 Å². The van der Waals surface area contributed by atoms with Crippen molar-refractivity contribution in [1.29, 1.82) is 0 Å². The molecule has 0 fully saturated rings. The average molecular weight is 244 g/mol. The van der Waals surface area contributed by atoms with Gasteiger partial charge in [0, 0.05) is 19.5 Å². The van der Waals surface area contributed by atoms with Crippen molar-refractivity contribution in [3.8, 4) is 0 Å². The van der Waals surface area contributed by atoms with Crippen LogP contribution in [-0.2, 0) is 19.9 Å². The van der Waals surface area contributed by atoms with Crippen molar-refractivity contribution in [2.45, 2.75) is 25.8 Å². The number of benzene rings is 1. The summed E-state index contributed by atoms with van der Waals surface area (Å²) >= 11 is 0. The van der Waals surface area contributed by atoms with Crippen molar-refractivity contribution >= 4 is 0 Å². The van der Waals surface area contributed by atoms with Crippen LogP contribution in [0.15, 0.2) is 30.6 Å². The standard InChI is InChI=1S/C14H20N4/c1-11-5-4-6-12(7-11)8-13(15-2)9-14-16-10-17-18(14)3/h4-7,10,13,15H,8-9H2,1-3H3. The van der Waals surface area contributed by atoms with Crippen LogP contribution < -0.4 is 5.32 Å². The van der Waals surface area contributed by atoms with Gasteiger partial charge in [0.2, 0.25) is 0 Å². The first kappa shape index (κ1) is 12.8. The summed E-state index contributed by atoms with van der Waals surface area (Å²) in [6, 6.07) is 9.03. The molecule has 1 unspecified atom stereocenters. The Hall–Kier alpha value is -1.68. The second kappa shape index (κ2) is 5.78. The lowest BCUT2D eigenvalue weighted by Gasteiger charge is -2.16. The summed E-state index contributed by atoms with van der Waals surface area (Å²) in [5.41, 5.74) is 2.66. The third-order valence-corrected chi connectivity index (χ3v) is 3.21. The number of rotatable bonds is 5. The zero-order valence-electron chi connectivity index (χ0n) is 11.2. The number of nitrogens with one attached hydrogen (secondary N) is 1. The van der Waals surface area contributed by atoms with Crippen LogP contribution in [0.1, 0.15) is 17.0 Å². The van der Waals surface area contributed by atoms with Crippen molar-refractivity contribution in [3.63, 3.8) is 0 Å². The van der Waals surface area contributed by atoms with Gasteiger partial charge in [-0.2, -0.15) is 5.10 Å². The quantitative estimate of drug-likeness (QED) is 0.866. The molecule has 0 amide bonds. The van der Waals surface area contributed by atoms with Crippen LogP contribution in [0.5, 0.6) is 0 Å². The van der Waals surface area contributed by atoms with E-state index in [4.69, 9.17) is 0 Å². The summed E-state index contributed by atoms with van der Waals surface area (Å²) in [4.78, 5) is 4.27. The van der Waals surface area contributed by atoms with Crippen LogP contribution in [0.3, 0.4) is 0 Å². The molecule has 2 rings (SSSR count). The molecule has 0 aliphatic rings. The van der Waals surface area contributed by atoms with Crippen LogP contribution >= 0.6 is 0 Å². The van der Waals surface area contributed by atoms with Gasteiger partial charge in [-0.1, -0.05) is 29.8 Å². The van der Waals surface area contributed by atoms with Crippen molar-refractivity contribution in [3.05, 3.63) is 47.5 Å². The van der Waals surface area contributed by atoms with Gasteiger partial charge < -0.3 is 5.32 Å². The molecule has 0 aliphatic carbocycles. The Balaban J connectivity index is 2.04. The van der Waals surface area contributed by atoms with E-state index in [-0.39, 0.29) is 0 Å². The van der Waals surface area contributed by atoms with Gasteiger partial charge in [0.15, 0.2) is 0 Å². The molecule has 18 heavy (non-hydrogen) atoms. The number of hydrogen-bond acceptors (Lipinski definition) is 3. The van der Waals surface area contributed by atoms with E-state index < -0.39 is 0 Å². The molecule has 0 spiro atoms. The molecule has 1 aromatic carbocycles. The van der Waals surface area contributed by atoms with E-state index in [2.05, 4.69) is 46.6 Å². The molecule has 0 saturated carbocycles. The topological polar surface area (TPSA) is 42.7 Å². The lowest BCUT2D eigenvalue weighted by atomic mass is 10.0. The van der Waals surface area contributed by atoms with Crippen molar-refractivity contribution < 1.29 is 0 Å². The molecule has 0 bridgehead atoms. The first-order chi connectivity index (χ1) is 8.69. The Morgan fingerprint density at radius 1 is 1.33 bits per heavy atom. The highest BCUT2D eigenvalue weighted by Gasteiger charge is 2.11. The molecule has 1 aromatic heterocycles. The number of hydrogen-bond donors (Lipinski definition) is 1. The van der Waals surface area contributed by atoms with Gasteiger partial charge in [-0.3, -0.25) is 4.68 Å². The molecular formula is C14H20N4. The summed E-state index contributed by atoms with van der Waals surface area (Å²) in [5, 5.41) is 7.46. The second-order valence-corrected chi connectivity index (χ2v) is 4.68. The van der Waals surface area contributed by atoms with Gasteiger partial charge in [0.25, 0.3) is 0 Å². The van der Waals surface area contributed by atoms with Gasteiger partial charge in [0.1, 0.15) is 12.2 Å². The van der Waals surface area contributed by atoms with Gasteiger partial charge in [0.05, 0.1) is 0 Å². The maximum absolute atomic E-state index is 4.27. The fraction of sp³-hybridized carbons (Fsp3) is 0.429. The molecule has 2 aromatic rings. The molecule has 4 nitrogen and oxygen atoms in total. The zero-order valence-corrected chi connectivity index (χ0v) is 11.2. The van der Waals surface area contributed by atoms with Gasteiger partial charge in [-0.05, 0) is 26.0 Å². The Labute approximate surface area is 108 Å². The molecule has 1 N–H and O–H groups in total. The third-order valence-electron chi connectivity index (χ3n) is 3.21. The van der Waals surface area contributed by atoms with Gasteiger partial charge in [-0.15, -0.1) is 0 Å². The molecule has 1 heterocycles. The van der Waals surface area contributed by atoms with Crippen LogP contribution in [0.25, 0.3) is 0 Å². The summed E-state index contributed by atoms with van der Waals surface area (Å²) < 4.78 is 1.83. The maximum Gasteiger partial charge on any atom is 0.138 e. The second-order valence-electron chi connectivity index (χ2n) is 4.68. The van der Waals surface area contributed by atoms with E-state index in [1.54, 1.807) is 6.33 Å². The predicted octanol–water partition coefficient (Wildman–Crippen LogP) is 1.50. The summed E-state index contributed by atoms with van der Waals surface area (Å²) in [6.07, 6.45) is 3.50. The van der Waals surface area contributed by atoms with E-state index in [0.29, 0.717) is 6.04 Å². The lowest BCUT2D eigenvalue weighted by Crippen LogP contribution is -2.31. The Morgan fingerprint density at radius 2 is 2.17 bits per heavy atom. The first-order valence-corrected chi connectivity index (χ1v) is 6.24. The monoisotopic (exact) mass is 244 g/mol. The number of likely N-dealkylation sites (N-methyl/N-ethyl adjacent to an activating group) is 1. The molecule has 4 heteroatoms. The van der Waals surface area contributed by atoms with Crippen LogP contribution in [0.4, 0.5) is 0 Å². The van der Waals surface area contributed by atoms with Crippen LogP contribution in [-0.4, -0.2) is 27.9 Å². The highest BCUT2D eigenvalue weighted by Crippen LogP contribution is 2.09. The summed E-state index contributed by atoms with van der Waals surface area (Å²) in [7, 11) is 3.93. The highest BCUT2D eigenvalue weighted by molar-refractivity contribution is 5.23. The molecule has 96 valence electrons. The first-order valence-electron chi connectivity index (χ1n) is 6.24. The molecule has 1 atom stereocenters. The van der Waals surface area contributed by atoms with Crippen LogP contribution in [0, 0.1) is 6.92 Å². The fourth-order valence-corrected chi connectivity index (χ4v) is 2.13. The number of aromatic nitrogens is 3. The van der Waals surface area contributed by atoms with Crippen molar-refractivity contribution in [2.24, 2.45) is 7.05 Å². The van der Waals surface area contributed by atoms with E-state index in [0.717, 1.165) is 18.7 Å². The number of aryl methyl sites for hydroxylation is 2. The SMILES string of the molecule is CNC(Cc1cccc(C)c1)Cc1ncnn1C. The minimum absolute atomic E-state index is 0.384. The summed E-state index contributed by atoms with van der Waals surface area (Å²) in [5.74, 6) is 1.02. The maximum atomic E-state index is 4.27. The summed E-state index contributed by atoms with van der Waals surface area (Å²) in [6.45, 7) is 2.13. The van der Waals surface area contributed by atoms with E-state index >= 15 is 0 Å². The Bertz CT molecular complexity index is 504. The number of nitrogens with zero attached hydrogens (tertiary/aromatic N) is 3. The Kier molecular flexibility index (Phi) is 4.10. The minimum Gasteiger partial charge on any atom is -0.316 e. The lowest BCUT2D eigenvalue weighted by molar-refractivity contribution is 0.526. The molecule has 0 saturated heterocycles. The van der Waals surface area contributed by atoms with Crippen molar-refractivity contribution in [1.82, 2.24) is 20.1 Å². The normalized spacial score (nSPS) is 12.6.